The fraction of sp³-hybridized carbons (Fsp3) is 0.0952. The van der Waals surface area contributed by atoms with Crippen LogP contribution in [0.5, 0.6) is 11.8 Å². The lowest BCUT2D eigenvalue weighted by atomic mass is 9.85. The largest absolute Gasteiger partial charge is 0.422 e. The van der Waals surface area contributed by atoms with Crippen molar-refractivity contribution in [3.8, 4) is 17.4 Å². The van der Waals surface area contributed by atoms with E-state index in [1.807, 2.05) is 66.2 Å². The Morgan fingerprint density at radius 3 is 2.59 bits per heavy atom. The van der Waals surface area contributed by atoms with E-state index in [1.54, 1.807) is 0 Å². The number of hydrogen-bond acceptors (Lipinski definition) is 4. The smallest absolute Gasteiger partial charge is 0.229 e. The Hall–Kier alpha value is -2.74. The summed E-state index contributed by atoms with van der Waals surface area (Å²) >= 11 is 17.2. The summed E-state index contributed by atoms with van der Waals surface area (Å²) < 4.78 is 9.03. The van der Waals surface area contributed by atoms with Gasteiger partial charge in [0.1, 0.15) is 4.64 Å². The molecule has 4 aromatic rings. The van der Waals surface area contributed by atoms with E-state index in [0.717, 1.165) is 28.1 Å². The maximum absolute atomic E-state index is 6.31. The minimum atomic E-state index is -0.194. The summed E-state index contributed by atoms with van der Waals surface area (Å²) in [5.41, 5.74) is 4.54. The molecule has 144 valence electrons. The fourth-order valence-electron chi connectivity index (χ4n) is 3.77. The number of halogens is 1. The normalized spacial score (nSPS) is 14.8. The molecule has 0 fully saturated rings. The van der Waals surface area contributed by atoms with Crippen LogP contribution in [0.3, 0.4) is 0 Å². The zero-order chi connectivity index (χ0) is 20.1. The minimum absolute atomic E-state index is 0.194. The molecule has 3 heterocycles. The standard InChI is InChI=1S/C21H15ClN4OS2/c1-11-15-16(12-6-5-7-13(22)10-12)17-18(23-21(29)24-19(17)28)27-20(15)26(25-11)14-8-3-2-4-9-14/h2-10,16H,1H3,(H2,23,24,28,29). The van der Waals surface area contributed by atoms with E-state index in [2.05, 4.69) is 9.97 Å². The number of para-hydroxylation sites is 1. The van der Waals surface area contributed by atoms with Gasteiger partial charge in [-0.25, -0.2) is 4.68 Å². The Morgan fingerprint density at radius 2 is 1.83 bits per heavy atom. The third-order valence-corrected chi connectivity index (χ3v) is 5.73. The molecule has 8 heteroatoms. The lowest BCUT2D eigenvalue weighted by Crippen LogP contribution is -2.15. The van der Waals surface area contributed by atoms with Crippen LogP contribution in [0.2, 0.25) is 5.02 Å². The SMILES string of the molecule is Cc1nn(-c2ccccc2)c2c1C(c1cccc(Cl)c1)c1c([nH]c(=S)[nH]c1=S)O2. The first-order valence-corrected chi connectivity index (χ1v) is 10.2. The predicted octanol–water partition coefficient (Wildman–Crippen LogP) is 6.24. The molecular weight excluding hydrogens is 424 g/mol. The zero-order valence-electron chi connectivity index (χ0n) is 15.3. The number of ether oxygens (including phenoxy) is 1. The molecule has 2 aromatic heterocycles. The van der Waals surface area contributed by atoms with Gasteiger partial charge in [-0.1, -0.05) is 54.2 Å². The van der Waals surface area contributed by atoms with E-state index in [-0.39, 0.29) is 5.92 Å². The molecule has 0 saturated carbocycles. The fourth-order valence-corrected chi connectivity index (χ4v) is 4.54. The molecule has 0 bridgehead atoms. The van der Waals surface area contributed by atoms with Crippen LogP contribution in [0.25, 0.3) is 5.69 Å². The highest BCUT2D eigenvalue weighted by molar-refractivity contribution is 7.72. The third-order valence-electron chi connectivity index (χ3n) is 4.96. The number of nitrogens with one attached hydrogen (secondary N) is 2. The third kappa shape index (κ3) is 3.02. The number of H-pyrrole nitrogens is 2. The summed E-state index contributed by atoms with van der Waals surface area (Å²) in [6.07, 6.45) is 0. The number of aryl methyl sites for hydroxylation is 1. The first-order valence-electron chi connectivity index (χ1n) is 8.97. The second kappa shape index (κ2) is 6.95. The first-order chi connectivity index (χ1) is 14.0. The first kappa shape index (κ1) is 18.3. The Balaban J connectivity index is 1.84. The van der Waals surface area contributed by atoms with Gasteiger partial charge in [0.25, 0.3) is 0 Å². The molecule has 1 aliphatic rings. The molecule has 0 aliphatic carbocycles. The highest BCUT2D eigenvalue weighted by Gasteiger charge is 2.36. The quantitative estimate of drug-likeness (QED) is 0.320. The van der Waals surface area contributed by atoms with Crippen molar-refractivity contribution in [2.24, 2.45) is 0 Å². The van der Waals surface area contributed by atoms with Gasteiger partial charge in [-0.05, 0) is 49.0 Å². The van der Waals surface area contributed by atoms with Crippen LogP contribution in [0.1, 0.15) is 28.3 Å². The molecule has 5 rings (SSSR count). The number of fused-ring (bicyclic) bond motifs is 2. The van der Waals surface area contributed by atoms with Gasteiger partial charge < -0.3 is 14.7 Å². The van der Waals surface area contributed by atoms with Crippen molar-refractivity contribution < 1.29 is 4.74 Å². The van der Waals surface area contributed by atoms with E-state index in [4.69, 9.17) is 45.9 Å². The second-order valence-corrected chi connectivity index (χ2v) is 8.05. The highest BCUT2D eigenvalue weighted by atomic mass is 35.5. The van der Waals surface area contributed by atoms with Gasteiger partial charge in [0.2, 0.25) is 11.8 Å². The van der Waals surface area contributed by atoms with Crippen molar-refractivity contribution in [1.82, 2.24) is 19.7 Å². The molecule has 29 heavy (non-hydrogen) atoms. The Labute approximate surface area is 182 Å². The molecule has 5 nitrogen and oxygen atoms in total. The number of benzene rings is 2. The van der Waals surface area contributed by atoms with E-state index < -0.39 is 0 Å². The van der Waals surface area contributed by atoms with Crippen molar-refractivity contribution in [2.75, 3.05) is 0 Å². The lowest BCUT2D eigenvalue weighted by molar-refractivity contribution is 0.401. The van der Waals surface area contributed by atoms with Crippen LogP contribution in [0.4, 0.5) is 0 Å². The van der Waals surface area contributed by atoms with Crippen LogP contribution in [-0.4, -0.2) is 19.7 Å². The van der Waals surface area contributed by atoms with Crippen LogP contribution in [0.15, 0.2) is 54.6 Å². The number of hydrogen-bond donors (Lipinski definition) is 2. The second-order valence-electron chi connectivity index (χ2n) is 6.79. The van der Waals surface area contributed by atoms with E-state index >= 15 is 0 Å². The summed E-state index contributed by atoms with van der Waals surface area (Å²) in [5, 5.41) is 5.43. The number of aromatic nitrogens is 4. The lowest BCUT2D eigenvalue weighted by Gasteiger charge is -2.26. The summed E-state index contributed by atoms with van der Waals surface area (Å²) in [5.74, 6) is 0.964. The molecule has 0 amide bonds. The Bertz CT molecular complexity index is 1360. The van der Waals surface area contributed by atoms with Crippen LogP contribution in [-0.2, 0) is 0 Å². The molecule has 0 saturated heterocycles. The molecular formula is C21H15ClN4OS2. The summed E-state index contributed by atoms with van der Waals surface area (Å²) in [7, 11) is 0. The molecule has 1 atom stereocenters. The van der Waals surface area contributed by atoms with Crippen LogP contribution >= 0.6 is 36.0 Å². The number of aromatic amines is 2. The van der Waals surface area contributed by atoms with Gasteiger partial charge in [0, 0.05) is 10.9 Å². The maximum Gasteiger partial charge on any atom is 0.229 e. The van der Waals surface area contributed by atoms with Gasteiger partial charge in [0.15, 0.2) is 4.77 Å². The number of rotatable bonds is 2. The van der Waals surface area contributed by atoms with Crippen molar-refractivity contribution in [3.05, 3.63) is 91.4 Å². The Kier molecular flexibility index (Phi) is 4.38. The van der Waals surface area contributed by atoms with Gasteiger partial charge in [0.05, 0.1) is 22.5 Å². The van der Waals surface area contributed by atoms with Crippen molar-refractivity contribution in [1.29, 1.82) is 0 Å². The zero-order valence-corrected chi connectivity index (χ0v) is 17.7. The average molecular weight is 439 g/mol. The maximum atomic E-state index is 6.31. The molecule has 0 spiro atoms. The van der Waals surface area contributed by atoms with E-state index in [9.17, 15) is 0 Å². The van der Waals surface area contributed by atoms with Gasteiger partial charge >= 0.3 is 0 Å². The van der Waals surface area contributed by atoms with Crippen molar-refractivity contribution in [3.63, 3.8) is 0 Å². The molecule has 0 radical (unpaired) electrons. The highest BCUT2D eigenvalue weighted by Crippen LogP contribution is 2.48. The van der Waals surface area contributed by atoms with Gasteiger partial charge in [-0.2, -0.15) is 5.10 Å². The summed E-state index contributed by atoms with van der Waals surface area (Å²) in [4.78, 5) is 6.14. The van der Waals surface area contributed by atoms with Gasteiger partial charge in [-0.3, -0.25) is 0 Å². The predicted molar refractivity (Wildman–Crippen MR) is 118 cm³/mol. The molecule has 2 N–H and O–H groups in total. The summed E-state index contributed by atoms with van der Waals surface area (Å²) in [6, 6.07) is 17.6. The van der Waals surface area contributed by atoms with Gasteiger partial charge in [-0.15, -0.1) is 0 Å². The minimum Gasteiger partial charge on any atom is -0.422 e. The Morgan fingerprint density at radius 1 is 1.03 bits per heavy atom. The van der Waals surface area contributed by atoms with E-state index in [1.165, 1.54) is 0 Å². The average Bonchev–Trinajstić information content (AvgIpc) is 3.03. The van der Waals surface area contributed by atoms with Crippen LogP contribution in [0, 0.1) is 16.3 Å². The molecule has 1 aliphatic heterocycles. The summed E-state index contributed by atoms with van der Waals surface area (Å²) in [6.45, 7) is 1.97. The topological polar surface area (TPSA) is 58.6 Å². The van der Waals surface area contributed by atoms with E-state index in [0.29, 0.717) is 26.2 Å². The van der Waals surface area contributed by atoms with Crippen molar-refractivity contribution >= 4 is 36.0 Å². The van der Waals surface area contributed by atoms with Crippen molar-refractivity contribution in [2.45, 2.75) is 12.8 Å². The molecule has 2 aromatic carbocycles. The monoisotopic (exact) mass is 438 g/mol. The molecule has 1 unspecified atom stereocenters. The number of nitrogens with zero attached hydrogens (tertiary/aromatic N) is 2. The van der Waals surface area contributed by atoms with Crippen LogP contribution < -0.4 is 4.74 Å².